The highest BCUT2D eigenvalue weighted by atomic mass is 35.5. The lowest BCUT2D eigenvalue weighted by molar-refractivity contribution is 0.221. The van der Waals surface area contributed by atoms with Gasteiger partial charge in [-0.25, -0.2) is 4.39 Å². The van der Waals surface area contributed by atoms with Crippen molar-refractivity contribution in [3.63, 3.8) is 0 Å². The summed E-state index contributed by atoms with van der Waals surface area (Å²) < 4.78 is 13.1. The van der Waals surface area contributed by atoms with Crippen LogP contribution in [0.1, 0.15) is 57.4 Å². The Hall–Kier alpha value is -0.600. The third-order valence-corrected chi connectivity index (χ3v) is 4.98. The zero-order valence-electron chi connectivity index (χ0n) is 12.3. The number of hydrogen-bond donors (Lipinski definition) is 1. The molecule has 1 fully saturated rings. The molecule has 1 nitrogen and oxygen atoms in total. The highest BCUT2D eigenvalue weighted by Crippen LogP contribution is 2.36. The summed E-state index contributed by atoms with van der Waals surface area (Å²) in [7, 11) is 0. The second-order valence-corrected chi connectivity index (χ2v) is 6.77. The van der Waals surface area contributed by atoms with E-state index in [1.807, 2.05) is 0 Å². The van der Waals surface area contributed by atoms with Gasteiger partial charge in [0.25, 0.3) is 0 Å². The molecular formula is C17H25ClFN. The average Bonchev–Trinajstić information content (AvgIpc) is 2.42. The molecular weight excluding hydrogens is 273 g/mol. The first-order valence-electron chi connectivity index (χ1n) is 7.75. The van der Waals surface area contributed by atoms with Crippen LogP contribution < -0.4 is 5.73 Å². The maximum absolute atomic E-state index is 13.1. The van der Waals surface area contributed by atoms with Crippen molar-refractivity contribution < 1.29 is 4.39 Å². The Morgan fingerprint density at radius 1 is 1.35 bits per heavy atom. The van der Waals surface area contributed by atoms with Gasteiger partial charge in [0, 0.05) is 10.6 Å². The lowest BCUT2D eigenvalue weighted by Gasteiger charge is -2.37. The Morgan fingerprint density at radius 2 is 2.05 bits per heavy atom. The molecule has 0 radical (unpaired) electrons. The molecule has 2 rings (SSSR count). The van der Waals surface area contributed by atoms with Crippen molar-refractivity contribution in [1.82, 2.24) is 0 Å². The topological polar surface area (TPSA) is 26.0 Å². The summed E-state index contributed by atoms with van der Waals surface area (Å²) in [4.78, 5) is 0. The molecule has 20 heavy (non-hydrogen) atoms. The molecule has 0 saturated heterocycles. The zero-order chi connectivity index (χ0) is 14.6. The molecule has 2 N–H and O–H groups in total. The predicted octanol–water partition coefficient (Wildman–Crippen LogP) is 5.10. The monoisotopic (exact) mass is 297 g/mol. The van der Waals surface area contributed by atoms with Crippen LogP contribution in [0.15, 0.2) is 18.2 Å². The number of nitrogens with two attached hydrogens (primary N) is 1. The van der Waals surface area contributed by atoms with Crippen molar-refractivity contribution in [2.45, 2.75) is 63.8 Å². The van der Waals surface area contributed by atoms with E-state index >= 15 is 0 Å². The van der Waals surface area contributed by atoms with Gasteiger partial charge in [-0.15, -0.1) is 0 Å². The second kappa shape index (κ2) is 6.91. The fraction of sp³-hybridized carbons (Fsp3) is 0.647. The Kier molecular flexibility index (Phi) is 5.45. The maximum atomic E-state index is 13.1. The van der Waals surface area contributed by atoms with Gasteiger partial charge in [0.05, 0.1) is 0 Å². The fourth-order valence-corrected chi connectivity index (χ4v) is 3.49. The molecule has 1 aromatic rings. The van der Waals surface area contributed by atoms with Crippen LogP contribution in [0.4, 0.5) is 4.39 Å². The molecule has 0 bridgehead atoms. The molecule has 0 heterocycles. The Balaban J connectivity index is 1.93. The van der Waals surface area contributed by atoms with Gasteiger partial charge >= 0.3 is 0 Å². The molecule has 0 spiro atoms. The number of hydrogen-bond acceptors (Lipinski definition) is 1. The van der Waals surface area contributed by atoms with E-state index in [-0.39, 0.29) is 11.4 Å². The second-order valence-electron chi connectivity index (χ2n) is 6.36. The largest absolute Gasteiger partial charge is 0.325 e. The maximum Gasteiger partial charge on any atom is 0.124 e. The summed E-state index contributed by atoms with van der Waals surface area (Å²) in [6.45, 7) is 2.24. The fourth-order valence-electron chi connectivity index (χ4n) is 3.26. The van der Waals surface area contributed by atoms with Crippen LogP contribution in [-0.4, -0.2) is 5.54 Å². The van der Waals surface area contributed by atoms with Gasteiger partial charge in [-0.3, -0.25) is 0 Å². The van der Waals surface area contributed by atoms with Gasteiger partial charge in [0.2, 0.25) is 0 Å². The van der Waals surface area contributed by atoms with Gasteiger partial charge in [-0.2, -0.15) is 0 Å². The molecule has 3 heteroatoms. The minimum atomic E-state index is -0.284. The summed E-state index contributed by atoms with van der Waals surface area (Å²) in [5, 5.41) is 0.503. The highest BCUT2D eigenvalue weighted by molar-refractivity contribution is 6.31. The lowest BCUT2D eigenvalue weighted by Crippen LogP contribution is -2.45. The van der Waals surface area contributed by atoms with Gasteiger partial charge in [-0.05, 0) is 55.7 Å². The SMILES string of the molecule is CCCCC1CCC(N)(Cc2ccc(F)cc2Cl)CC1. The van der Waals surface area contributed by atoms with Crippen LogP contribution >= 0.6 is 11.6 Å². The van der Waals surface area contributed by atoms with E-state index in [0.29, 0.717) is 5.02 Å². The number of unbranched alkanes of at least 4 members (excludes halogenated alkanes) is 1. The lowest BCUT2D eigenvalue weighted by atomic mass is 9.73. The Labute approximate surface area is 126 Å². The van der Waals surface area contributed by atoms with Crippen LogP contribution in [0.2, 0.25) is 5.02 Å². The summed E-state index contributed by atoms with van der Waals surface area (Å²) in [6.07, 6.45) is 9.23. The third kappa shape index (κ3) is 4.20. The van der Waals surface area contributed by atoms with Gasteiger partial charge in [0.15, 0.2) is 0 Å². The number of rotatable bonds is 5. The Bertz CT molecular complexity index is 439. The molecule has 1 aliphatic carbocycles. The number of halogens is 2. The first-order valence-corrected chi connectivity index (χ1v) is 8.13. The van der Waals surface area contributed by atoms with E-state index < -0.39 is 0 Å². The van der Waals surface area contributed by atoms with Crippen LogP contribution in [0.3, 0.4) is 0 Å². The molecule has 0 amide bonds. The molecule has 0 aromatic heterocycles. The van der Waals surface area contributed by atoms with Crippen molar-refractivity contribution in [2.75, 3.05) is 0 Å². The van der Waals surface area contributed by atoms with Crippen molar-refractivity contribution in [2.24, 2.45) is 11.7 Å². The molecule has 1 aromatic carbocycles. The van der Waals surface area contributed by atoms with Crippen LogP contribution in [0.25, 0.3) is 0 Å². The van der Waals surface area contributed by atoms with Crippen molar-refractivity contribution in [1.29, 1.82) is 0 Å². The normalized spacial score (nSPS) is 26.7. The third-order valence-electron chi connectivity index (χ3n) is 4.62. The summed E-state index contributed by atoms with van der Waals surface area (Å²) in [5.74, 6) is 0.559. The standard InChI is InChI=1S/C17H25ClFN/c1-2-3-4-13-7-9-17(20,10-8-13)12-14-5-6-15(19)11-16(14)18/h5-6,11,13H,2-4,7-10,12,20H2,1H3. The minimum Gasteiger partial charge on any atom is -0.325 e. The summed E-state index contributed by atoms with van der Waals surface area (Å²) in [6, 6.07) is 4.63. The quantitative estimate of drug-likeness (QED) is 0.804. The molecule has 0 atom stereocenters. The van der Waals surface area contributed by atoms with Crippen molar-refractivity contribution in [3.05, 3.63) is 34.6 Å². The summed E-state index contributed by atoms with van der Waals surface area (Å²) in [5.41, 5.74) is 7.35. The average molecular weight is 298 g/mol. The van der Waals surface area contributed by atoms with Gasteiger partial charge in [-0.1, -0.05) is 43.9 Å². The first kappa shape index (κ1) is 15.8. The zero-order valence-corrected chi connectivity index (χ0v) is 13.1. The molecule has 0 unspecified atom stereocenters. The van der Waals surface area contributed by atoms with Crippen molar-refractivity contribution >= 4 is 11.6 Å². The van der Waals surface area contributed by atoms with Gasteiger partial charge in [0.1, 0.15) is 5.82 Å². The van der Waals surface area contributed by atoms with E-state index in [1.54, 1.807) is 6.07 Å². The van der Waals surface area contributed by atoms with E-state index in [4.69, 9.17) is 17.3 Å². The van der Waals surface area contributed by atoms with Crippen LogP contribution in [0.5, 0.6) is 0 Å². The first-order chi connectivity index (χ1) is 9.52. The Morgan fingerprint density at radius 3 is 2.65 bits per heavy atom. The molecule has 0 aliphatic heterocycles. The highest BCUT2D eigenvalue weighted by Gasteiger charge is 2.32. The van der Waals surface area contributed by atoms with Gasteiger partial charge < -0.3 is 5.73 Å². The smallest absolute Gasteiger partial charge is 0.124 e. The van der Waals surface area contributed by atoms with Crippen molar-refractivity contribution in [3.8, 4) is 0 Å². The molecule has 112 valence electrons. The molecule has 1 saturated carbocycles. The van der Waals surface area contributed by atoms with E-state index in [0.717, 1.165) is 30.7 Å². The van der Waals surface area contributed by atoms with E-state index in [1.165, 1.54) is 44.2 Å². The minimum absolute atomic E-state index is 0.163. The molecule has 1 aliphatic rings. The van der Waals surface area contributed by atoms with Crippen LogP contribution in [0, 0.1) is 11.7 Å². The summed E-state index contributed by atoms with van der Waals surface area (Å²) >= 11 is 6.11. The van der Waals surface area contributed by atoms with E-state index in [2.05, 4.69) is 6.92 Å². The van der Waals surface area contributed by atoms with E-state index in [9.17, 15) is 4.39 Å². The van der Waals surface area contributed by atoms with Crippen LogP contribution in [-0.2, 0) is 6.42 Å². The number of benzene rings is 1. The predicted molar refractivity (Wildman–Crippen MR) is 83.5 cm³/mol.